The third-order valence-electron chi connectivity index (χ3n) is 3.54. The van der Waals surface area contributed by atoms with Gasteiger partial charge in [-0.3, -0.25) is 0 Å². The minimum Gasteiger partial charge on any atom is -0.374 e. The molecule has 0 spiro atoms. The molecule has 0 N–H and O–H groups in total. The van der Waals surface area contributed by atoms with E-state index < -0.39 is 0 Å². The molecule has 1 saturated carbocycles. The van der Waals surface area contributed by atoms with Crippen molar-refractivity contribution >= 4 is 0 Å². The highest BCUT2D eigenvalue weighted by atomic mass is 15.1. The monoisotopic (exact) mass is 203 g/mol. The van der Waals surface area contributed by atoms with Crippen LogP contribution >= 0.6 is 0 Å². The Balaban J connectivity index is 0.000000404. The van der Waals surface area contributed by atoms with Crippen LogP contribution in [-0.4, -0.2) is 18.0 Å². The molecule has 0 radical (unpaired) electrons. The lowest BCUT2D eigenvalue weighted by Gasteiger charge is -2.30. The van der Waals surface area contributed by atoms with Gasteiger partial charge in [-0.2, -0.15) is 0 Å². The second-order valence-electron chi connectivity index (χ2n) is 4.32. The zero-order chi connectivity index (χ0) is 10.8. The molecule has 1 heteroatoms. The first-order chi connectivity index (χ1) is 7.38. The van der Waals surface area contributed by atoms with Gasteiger partial charge in [-0.05, 0) is 42.0 Å². The smallest absolute Gasteiger partial charge is 0.0392 e. The predicted molar refractivity (Wildman–Crippen MR) is 65.5 cm³/mol. The van der Waals surface area contributed by atoms with E-state index in [0.717, 1.165) is 24.9 Å². The summed E-state index contributed by atoms with van der Waals surface area (Å²) in [5.74, 6) is 1.80. The van der Waals surface area contributed by atoms with Gasteiger partial charge in [0.25, 0.3) is 0 Å². The van der Waals surface area contributed by atoms with Crippen molar-refractivity contribution in [1.82, 2.24) is 4.90 Å². The van der Waals surface area contributed by atoms with Crippen LogP contribution in [0.25, 0.3) is 0 Å². The maximum absolute atomic E-state index is 3.85. The predicted octanol–water partition coefficient (Wildman–Crippen LogP) is 3.36. The second-order valence-corrected chi connectivity index (χ2v) is 4.32. The molecule has 2 atom stereocenters. The van der Waals surface area contributed by atoms with Crippen molar-refractivity contribution in [3.8, 4) is 0 Å². The van der Waals surface area contributed by atoms with Gasteiger partial charge in [0.05, 0.1) is 0 Å². The molecule has 1 heterocycles. The Bertz CT molecular complexity index is 311. The largest absolute Gasteiger partial charge is 0.374 e. The summed E-state index contributed by atoms with van der Waals surface area (Å²) >= 11 is 0. The Hall–Kier alpha value is -0.980. The lowest BCUT2D eigenvalue weighted by molar-refractivity contribution is 0.382. The standard InChI is InChI=1S/C12H15N.C2H6/c1-2-13-6-5-9-3-4-10-7-11(10)12(9)8-13;1-2/h2-4,10-11H,1,5-8H2;1-2H3. The van der Waals surface area contributed by atoms with Gasteiger partial charge in [-0.15, -0.1) is 0 Å². The third-order valence-corrected chi connectivity index (χ3v) is 3.54. The highest BCUT2D eigenvalue weighted by Crippen LogP contribution is 2.50. The van der Waals surface area contributed by atoms with Crippen molar-refractivity contribution in [3.63, 3.8) is 0 Å². The highest BCUT2D eigenvalue weighted by molar-refractivity contribution is 5.40. The van der Waals surface area contributed by atoms with Crippen LogP contribution in [0.1, 0.15) is 26.7 Å². The van der Waals surface area contributed by atoms with Crippen molar-refractivity contribution in [2.75, 3.05) is 13.1 Å². The topological polar surface area (TPSA) is 3.24 Å². The summed E-state index contributed by atoms with van der Waals surface area (Å²) in [7, 11) is 0. The molecule has 3 rings (SSSR count). The first-order valence-electron chi connectivity index (χ1n) is 6.15. The van der Waals surface area contributed by atoms with E-state index >= 15 is 0 Å². The molecule has 2 aliphatic carbocycles. The summed E-state index contributed by atoms with van der Waals surface area (Å²) in [6.07, 6.45) is 9.39. The van der Waals surface area contributed by atoms with Gasteiger partial charge < -0.3 is 4.90 Å². The van der Waals surface area contributed by atoms with Gasteiger partial charge in [0, 0.05) is 13.1 Å². The van der Waals surface area contributed by atoms with Crippen LogP contribution in [0.5, 0.6) is 0 Å². The summed E-state index contributed by atoms with van der Waals surface area (Å²) < 4.78 is 0. The van der Waals surface area contributed by atoms with E-state index in [-0.39, 0.29) is 0 Å². The maximum atomic E-state index is 3.85. The van der Waals surface area contributed by atoms with Crippen molar-refractivity contribution in [1.29, 1.82) is 0 Å². The fourth-order valence-corrected chi connectivity index (χ4v) is 2.59. The van der Waals surface area contributed by atoms with Gasteiger partial charge in [0.15, 0.2) is 0 Å². The molecule has 0 saturated heterocycles. The van der Waals surface area contributed by atoms with Crippen molar-refractivity contribution < 1.29 is 0 Å². The number of hydrogen-bond donors (Lipinski definition) is 0. The van der Waals surface area contributed by atoms with E-state index in [9.17, 15) is 0 Å². The summed E-state index contributed by atoms with van der Waals surface area (Å²) in [5, 5.41) is 0. The Morgan fingerprint density at radius 3 is 3.00 bits per heavy atom. The average Bonchev–Trinajstić information content (AvgIpc) is 3.10. The van der Waals surface area contributed by atoms with E-state index in [2.05, 4.69) is 23.6 Å². The Labute approximate surface area is 93.2 Å². The van der Waals surface area contributed by atoms with Crippen molar-refractivity contribution in [2.45, 2.75) is 26.7 Å². The van der Waals surface area contributed by atoms with Gasteiger partial charge in [-0.1, -0.05) is 32.6 Å². The fraction of sp³-hybridized carbons (Fsp3) is 0.571. The first-order valence-corrected chi connectivity index (χ1v) is 6.15. The first kappa shape index (κ1) is 10.5. The lowest BCUT2D eigenvalue weighted by Crippen LogP contribution is -2.28. The molecular formula is C14H21N. The molecule has 1 fully saturated rings. The van der Waals surface area contributed by atoms with Gasteiger partial charge >= 0.3 is 0 Å². The summed E-state index contributed by atoms with van der Waals surface area (Å²) in [6.45, 7) is 10.1. The number of fused-ring (bicyclic) bond motifs is 2. The molecule has 0 amide bonds. The highest BCUT2D eigenvalue weighted by Gasteiger charge is 2.41. The van der Waals surface area contributed by atoms with Crippen LogP contribution in [0.4, 0.5) is 0 Å². The minimum absolute atomic E-state index is 0.892. The van der Waals surface area contributed by atoms with Crippen LogP contribution in [0.15, 0.2) is 36.1 Å². The summed E-state index contributed by atoms with van der Waals surface area (Å²) in [4.78, 5) is 2.34. The van der Waals surface area contributed by atoms with Crippen molar-refractivity contribution in [2.24, 2.45) is 11.8 Å². The molecule has 0 bridgehead atoms. The van der Waals surface area contributed by atoms with Crippen LogP contribution < -0.4 is 0 Å². The molecule has 1 nitrogen and oxygen atoms in total. The van der Waals surface area contributed by atoms with Crippen LogP contribution in [-0.2, 0) is 0 Å². The number of hydrogen-bond acceptors (Lipinski definition) is 1. The SMILES string of the molecule is C=CN1CCC2=C(C1)C1CC1C=C2.CC. The Kier molecular flexibility index (Phi) is 2.99. The number of allylic oxidation sites excluding steroid dienone is 2. The molecule has 2 unspecified atom stereocenters. The number of nitrogens with zero attached hydrogens (tertiary/aromatic N) is 1. The molecule has 0 aromatic carbocycles. The zero-order valence-electron chi connectivity index (χ0n) is 9.87. The normalized spacial score (nSPS) is 31.2. The van der Waals surface area contributed by atoms with E-state index in [1.807, 2.05) is 20.0 Å². The van der Waals surface area contributed by atoms with Crippen LogP contribution in [0.2, 0.25) is 0 Å². The fourth-order valence-electron chi connectivity index (χ4n) is 2.59. The van der Waals surface area contributed by atoms with Gasteiger partial charge in [0.2, 0.25) is 0 Å². The van der Waals surface area contributed by atoms with E-state index in [0.29, 0.717) is 0 Å². The van der Waals surface area contributed by atoms with E-state index in [4.69, 9.17) is 0 Å². The zero-order valence-corrected chi connectivity index (χ0v) is 9.87. The van der Waals surface area contributed by atoms with E-state index in [1.165, 1.54) is 12.8 Å². The summed E-state index contributed by atoms with van der Waals surface area (Å²) in [5.41, 5.74) is 3.33. The Morgan fingerprint density at radius 2 is 2.27 bits per heavy atom. The maximum Gasteiger partial charge on any atom is 0.0392 e. The second kappa shape index (κ2) is 4.26. The molecule has 0 aromatic rings. The molecule has 0 aromatic heterocycles. The van der Waals surface area contributed by atoms with Crippen LogP contribution in [0, 0.1) is 11.8 Å². The number of rotatable bonds is 1. The minimum atomic E-state index is 0.892. The molecule has 3 aliphatic rings. The lowest BCUT2D eigenvalue weighted by atomic mass is 9.92. The molecular weight excluding hydrogens is 182 g/mol. The van der Waals surface area contributed by atoms with Gasteiger partial charge in [-0.25, -0.2) is 0 Å². The molecule has 15 heavy (non-hydrogen) atoms. The Morgan fingerprint density at radius 1 is 1.47 bits per heavy atom. The average molecular weight is 203 g/mol. The van der Waals surface area contributed by atoms with E-state index in [1.54, 1.807) is 11.1 Å². The third kappa shape index (κ3) is 1.88. The quantitative estimate of drug-likeness (QED) is 0.631. The van der Waals surface area contributed by atoms with Crippen molar-refractivity contribution in [3.05, 3.63) is 36.1 Å². The molecule has 82 valence electrons. The van der Waals surface area contributed by atoms with Crippen LogP contribution in [0.3, 0.4) is 0 Å². The summed E-state index contributed by atoms with van der Waals surface area (Å²) in [6, 6.07) is 0. The molecule has 1 aliphatic heterocycles. The van der Waals surface area contributed by atoms with Gasteiger partial charge in [0.1, 0.15) is 0 Å².